The van der Waals surface area contributed by atoms with E-state index >= 15 is 0 Å². The lowest BCUT2D eigenvalue weighted by atomic mass is 10.1. The molecule has 9 heteroatoms. The number of aromatic nitrogens is 2. The molecule has 0 saturated carbocycles. The van der Waals surface area contributed by atoms with Gasteiger partial charge in [-0.25, -0.2) is 15.4 Å². The maximum Gasteiger partial charge on any atom is 0.277 e. The number of hydrogen-bond acceptors (Lipinski definition) is 8. The van der Waals surface area contributed by atoms with Crippen LogP contribution in [0.25, 0.3) is 6.08 Å². The fourth-order valence-corrected chi connectivity index (χ4v) is 4.30. The van der Waals surface area contributed by atoms with Crippen molar-refractivity contribution in [2.24, 2.45) is 0 Å². The number of anilines is 1. The molecule has 176 valence electrons. The summed E-state index contributed by atoms with van der Waals surface area (Å²) in [5, 5.41) is 8.75. The van der Waals surface area contributed by atoms with Crippen molar-refractivity contribution in [3.8, 4) is 0 Å². The summed E-state index contributed by atoms with van der Waals surface area (Å²) >= 11 is 0. The topological polar surface area (TPSA) is 88.1 Å². The molecule has 9 nitrogen and oxygen atoms in total. The van der Waals surface area contributed by atoms with Crippen molar-refractivity contribution < 1.29 is 10.0 Å². The summed E-state index contributed by atoms with van der Waals surface area (Å²) in [6, 6.07) is 10.8. The molecule has 0 bridgehead atoms. The van der Waals surface area contributed by atoms with E-state index in [2.05, 4.69) is 73.0 Å². The van der Waals surface area contributed by atoms with Crippen LogP contribution < -0.4 is 10.4 Å². The summed E-state index contributed by atoms with van der Waals surface area (Å²) < 4.78 is 0. The zero-order valence-electron chi connectivity index (χ0n) is 19.2. The molecule has 33 heavy (non-hydrogen) atoms. The average molecular weight is 452 g/mol. The smallest absolute Gasteiger partial charge is 0.277 e. The molecule has 2 aromatic rings. The van der Waals surface area contributed by atoms with Crippen molar-refractivity contribution in [3.63, 3.8) is 0 Å². The standard InChI is InChI=1S/C24H33N7O2/c1-28-9-11-29(12-10-28)19-22(8-7-20-5-3-2-4-6-20)30-13-15-31(16-14-30)24-25-17-21(18-26-24)23(32)27-33/h2-8,17-18,22,33H,9-16,19H2,1H3,(H,27,32). The van der Waals surface area contributed by atoms with E-state index in [0.29, 0.717) is 12.0 Å². The Kier molecular flexibility index (Phi) is 8.01. The van der Waals surface area contributed by atoms with E-state index in [-0.39, 0.29) is 5.56 Å². The van der Waals surface area contributed by atoms with E-state index in [1.807, 2.05) is 6.07 Å². The molecule has 1 atom stereocenters. The lowest BCUT2D eigenvalue weighted by Crippen LogP contribution is -2.55. The number of benzene rings is 1. The number of amides is 1. The SMILES string of the molecule is CN1CCN(CC(C=Cc2ccccc2)N2CCN(c3ncc(C(=O)NO)cn3)CC2)CC1. The van der Waals surface area contributed by atoms with E-state index < -0.39 is 5.91 Å². The molecule has 3 heterocycles. The molecule has 0 spiro atoms. The van der Waals surface area contributed by atoms with Crippen molar-refractivity contribution in [2.75, 3.05) is 70.9 Å². The van der Waals surface area contributed by atoms with E-state index in [1.165, 1.54) is 18.0 Å². The summed E-state index contributed by atoms with van der Waals surface area (Å²) in [6.07, 6.45) is 7.47. The molecule has 0 aliphatic carbocycles. The van der Waals surface area contributed by atoms with Crippen LogP contribution >= 0.6 is 0 Å². The van der Waals surface area contributed by atoms with Gasteiger partial charge in [0.05, 0.1) is 5.56 Å². The average Bonchev–Trinajstić information content (AvgIpc) is 2.88. The molecule has 4 rings (SSSR count). The summed E-state index contributed by atoms with van der Waals surface area (Å²) in [5.74, 6) is 0.00269. The third-order valence-corrected chi connectivity index (χ3v) is 6.42. The van der Waals surface area contributed by atoms with E-state index in [9.17, 15) is 4.79 Å². The number of nitrogens with zero attached hydrogens (tertiary/aromatic N) is 6. The van der Waals surface area contributed by atoms with Gasteiger partial charge in [-0.05, 0) is 12.6 Å². The normalized spacial score (nSPS) is 19.6. The van der Waals surface area contributed by atoms with E-state index in [4.69, 9.17) is 5.21 Å². The Morgan fingerprint density at radius 3 is 2.33 bits per heavy atom. The molecule has 2 N–H and O–H groups in total. The fourth-order valence-electron chi connectivity index (χ4n) is 4.30. The minimum Gasteiger partial charge on any atom is -0.338 e. The number of carbonyl (C=O) groups is 1. The summed E-state index contributed by atoms with van der Waals surface area (Å²) in [7, 11) is 2.19. The Bertz CT molecular complexity index is 906. The Labute approximate surface area is 195 Å². The second kappa shape index (κ2) is 11.3. The van der Waals surface area contributed by atoms with E-state index in [0.717, 1.165) is 58.9 Å². The fraction of sp³-hybridized carbons (Fsp3) is 0.458. The van der Waals surface area contributed by atoms with Crippen molar-refractivity contribution in [1.82, 2.24) is 30.1 Å². The van der Waals surface area contributed by atoms with Crippen molar-refractivity contribution >= 4 is 17.9 Å². The monoisotopic (exact) mass is 451 g/mol. The molecule has 2 aliphatic rings. The minimum atomic E-state index is -0.608. The van der Waals surface area contributed by atoms with Crippen molar-refractivity contribution in [2.45, 2.75) is 6.04 Å². The first-order valence-corrected chi connectivity index (χ1v) is 11.5. The number of hydroxylamine groups is 1. The van der Waals surface area contributed by atoms with Crippen molar-refractivity contribution in [1.29, 1.82) is 0 Å². The number of hydrogen-bond donors (Lipinski definition) is 2. The first-order chi connectivity index (χ1) is 16.1. The highest BCUT2D eigenvalue weighted by Gasteiger charge is 2.26. The lowest BCUT2D eigenvalue weighted by Gasteiger charge is -2.41. The van der Waals surface area contributed by atoms with Gasteiger partial charge in [-0.15, -0.1) is 0 Å². The maximum atomic E-state index is 11.5. The first kappa shape index (κ1) is 23.3. The molecule has 1 aromatic carbocycles. The van der Waals surface area contributed by atoms with Gasteiger partial charge < -0.3 is 9.80 Å². The third kappa shape index (κ3) is 6.35. The Morgan fingerprint density at radius 1 is 1.03 bits per heavy atom. The summed E-state index contributed by atoms with van der Waals surface area (Å²) in [5.41, 5.74) is 3.06. The second-order valence-corrected chi connectivity index (χ2v) is 8.68. The zero-order chi connectivity index (χ0) is 23.0. The predicted molar refractivity (Wildman–Crippen MR) is 128 cm³/mol. The van der Waals surface area contributed by atoms with Gasteiger partial charge in [-0.2, -0.15) is 0 Å². The Balaban J connectivity index is 1.39. The van der Waals surface area contributed by atoms with Crippen LogP contribution in [-0.2, 0) is 0 Å². The highest BCUT2D eigenvalue weighted by molar-refractivity contribution is 5.92. The zero-order valence-corrected chi connectivity index (χ0v) is 19.2. The molecule has 1 unspecified atom stereocenters. The highest BCUT2D eigenvalue weighted by atomic mass is 16.5. The molecule has 2 fully saturated rings. The lowest BCUT2D eigenvalue weighted by molar-refractivity contribution is 0.0705. The molecule has 2 aliphatic heterocycles. The molecule has 1 amide bonds. The van der Waals surface area contributed by atoms with Gasteiger partial charge >= 0.3 is 0 Å². The van der Waals surface area contributed by atoms with Crippen molar-refractivity contribution in [3.05, 3.63) is 59.9 Å². The van der Waals surface area contributed by atoms with Gasteiger partial charge in [0.15, 0.2) is 0 Å². The van der Waals surface area contributed by atoms with Crippen LogP contribution in [0.15, 0.2) is 48.8 Å². The number of piperazine rings is 2. The predicted octanol–water partition coefficient (Wildman–Crippen LogP) is 1.05. The van der Waals surface area contributed by atoms with Gasteiger partial charge in [0.25, 0.3) is 5.91 Å². The summed E-state index contributed by atoms with van der Waals surface area (Å²) in [4.78, 5) is 29.8. The van der Waals surface area contributed by atoms with E-state index in [1.54, 1.807) is 5.48 Å². The number of carbonyl (C=O) groups excluding carboxylic acids is 1. The maximum absolute atomic E-state index is 11.5. The van der Waals surface area contributed by atoms with Crippen LogP contribution in [-0.4, -0.2) is 108 Å². The second-order valence-electron chi connectivity index (χ2n) is 8.68. The Hall–Kier alpha value is -2.85. The highest BCUT2D eigenvalue weighted by Crippen LogP contribution is 2.16. The van der Waals surface area contributed by atoms with Crippen LogP contribution in [0.2, 0.25) is 0 Å². The van der Waals surface area contributed by atoms with Crippen LogP contribution in [0.4, 0.5) is 5.95 Å². The number of likely N-dealkylation sites (N-methyl/N-ethyl adjacent to an activating group) is 1. The molecule has 1 aromatic heterocycles. The number of rotatable bonds is 7. The molecular formula is C24H33N7O2. The van der Waals surface area contributed by atoms with Gasteiger partial charge in [-0.1, -0.05) is 42.5 Å². The van der Waals surface area contributed by atoms with Crippen LogP contribution in [0.5, 0.6) is 0 Å². The quantitative estimate of drug-likeness (QED) is 0.477. The van der Waals surface area contributed by atoms with Gasteiger partial charge in [0.2, 0.25) is 5.95 Å². The largest absolute Gasteiger partial charge is 0.338 e. The van der Waals surface area contributed by atoms with Gasteiger partial charge in [0.1, 0.15) is 0 Å². The van der Waals surface area contributed by atoms with Crippen LogP contribution in [0.1, 0.15) is 15.9 Å². The van der Waals surface area contributed by atoms with Gasteiger partial charge in [-0.3, -0.25) is 19.8 Å². The first-order valence-electron chi connectivity index (χ1n) is 11.5. The number of nitrogens with one attached hydrogen (secondary N) is 1. The molecule has 0 radical (unpaired) electrons. The summed E-state index contributed by atoms with van der Waals surface area (Å²) in [6.45, 7) is 8.95. The third-order valence-electron chi connectivity index (χ3n) is 6.42. The van der Waals surface area contributed by atoms with Crippen LogP contribution in [0, 0.1) is 0 Å². The van der Waals surface area contributed by atoms with Gasteiger partial charge in [0, 0.05) is 77.3 Å². The molecule has 2 saturated heterocycles. The van der Waals surface area contributed by atoms with Crippen LogP contribution in [0.3, 0.4) is 0 Å². The molecular weight excluding hydrogens is 418 g/mol. The Morgan fingerprint density at radius 2 is 1.70 bits per heavy atom. The minimum absolute atomic E-state index is 0.234.